The first-order chi connectivity index (χ1) is 18.0. The second-order valence-corrected chi connectivity index (χ2v) is 10.5. The third kappa shape index (κ3) is 4.58. The van der Waals surface area contributed by atoms with Crippen LogP contribution >= 0.6 is 11.6 Å². The maximum atomic E-state index is 13.0. The Morgan fingerprint density at radius 2 is 1.59 bits per heavy atom. The number of aromatic hydroxyl groups is 2. The molecule has 0 saturated carbocycles. The standard InChI is InChI=1S/C29H30ClN3O4/c30-22-7-4-8-23(16-22)32-13-11-31(12-14-32)17-24(37-29(36)19-5-2-1-3-6-19)18-33-27(34)25-20-9-10-21(15-20)26(25)28(33)35/h1-10,16,20-21,24,34-35H,11-15,17-18H2. The van der Waals surface area contributed by atoms with Crippen molar-refractivity contribution >= 4 is 23.3 Å². The molecule has 7 nitrogen and oxygen atoms in total. The van der Waals surface area contributed by atoms with Crippen molar-refractivity contribution < 1.29 is 19.7 Å². The lowest BCUT2D eigenvalue weighted by atomic mass is 10.0. The van der Waals surface area contributed by atoms with Crippen molar-refractivity contribution in [1.29, 1.82) is 0 Å². The van der Waals surface area contributed by atoms with Crippen molar-refractivity contribution in [3.63, 3.8) is 0 Å². The third-order valence-corrected chi connectivity index (χ3v) is 8.02. The molecule has 2 N–H and O–H groups in total. The van der Waals surface area contributed by atoms with E-state index in [1.807, 2.05) is 24.3 Å². The number of anilines is 1. The summed E-state index contributed by atoms with van der Waals surface area (Å²) in [5.74, 6) is 0.0180. The number of hydrogen-bond acceptors (Lipinski definition) is 6. The van der Waals surface area contributed by atoms with Gasteiger partial charge >= 0.3 is 5.97 Å². The van der Waals surface area contributed by atoms with E-state index in [-0.39, 0.29) is 30.1 Å². The van der Waals surface area contributed by atoms with E-state index >= 15 is 0 Å². The van der Waals surface area contributed by atoms with Crippen LogP contribution in [0.3, 0.4) is 0 Å². The quantitative estimate of drug-likeness (QED) is 0.347. The number of allylic oxidation sites excluding steroid dienone is 2. The molecule has 2 heterocycles. The monoisotopic (exact) mass is 519 g/mol. The average molecular weight is 520 g/mol. The van der Waals surface area contributed by atoms with Gasteiger partial charge in [0.15, 0.2) is 11.8 Å². The van der Waals surface area contributed by atoms with E-state index in [0.717, 1.165) is 54.4 Å². The van der Waals surface area contributed by atoms with Crippen molar-refractivity contribution in [2.45, 2.75) is 30.9 Å². The predicted molar refractivity (Wildman–Crippen MR) is 143 cm³/mol. The van der Waals surface area contributed by atoms with Crippen molar-refractivity contribution in [3.8, 4) is 11.8 Å². The van der Waals surface area contributed by atoms with E-state index in [4.69, 9.17) is 16.3 Å². The van der Waals surface area contributed by atoms with Crippen molar-refractivity contribution in [1.82, 2.24) is 9.47 Å². The van der Waals surface area contributed by atoms with E-state index in [0.29, 0.717) is 12.1 Å². The van der Waals surface area contributed by atoms with E-state index in [1.165, 1.54) is 4.57 Å². The summed E-state index contributed by atoms with van der Waals surface area (Å²) in [4.78, 5) is 17.5. The molecule has 3 atom stereocenters. The van der Waals surface area contributed by atoms with Crippen molar-refractivity contribution in [3.05, 3.63) is 88.5 Å². The number of esters is 1. The number of piperazine rings is 1. The Kier molecular flexibility index (Phi) is 6.34. The minimum absolute atomic E-state index is 0.0795. The van der Waals surface area contributed by atoms with Crippen LogP contribution in [0.15, 0.2) is 66.7 Å². The number of rotatable bonds is 7. The lowest BCUT2D eigenvalue weighted by Gasteiger charge is -2.37. The van der Waals surface area contributed by atoms with Crippen LogP contribution < -0.4 is 4.90 Å². The van der Waals surface area contributed by atoms with Crippen LogP contribution in [0.1, 0.15) is 39.7 Å². The maximum Gasteiger partial charge on any atom is 0.338 e. The molecule has 37 heavy (non-hydrogen) atoms. The molecular weight excluding hydrogens is 490 g/mol. The maximum absolute atomic E-state index is 13.0. The second-order valence-electron chi connectivity index (χ2n) is 10.1. The fraction of sp³-hybridized carbons (Fsp3) is 0.345. The Bertz CT molecular complexity index is 1290. The number of hydrogen-bond donors (Lipinski definition) is 2. The van der Waals surface area contributed by atoms with E-state index in [2.05, 4.69) is 28.0 Å². The molecule has 3 aromatic rings. The Balaban J connectivity index is 1.19. The highest BCUT2D eigenvalue weighted by molar-refractivity contribution is 6.30. The fourth-order valence-corrected chi connectivity index (χ4v) is 6.13. The number of fused-ring (bicyclic) bond motifs is 5. The molecule has 1 aliphatic heterocycles. The molecule has 2 aliphatic carbocycles. The van der Waals surface area contributed by atoms with E-state index in [9.17, 15) is 15.0 Å². The first kappa shape index (κ1) is 23.9. The van der Waals surface area contributed by atoms with Gasteiger partial charge in [0.2, 0.25) is 0 Å². The van der Waals surface area contributed by atoms with Gasteiger partial charge in [-0.1, -0.05) is 48.0 Å². The number of nitrogens with zero attached hydrogens (tertiary/aromatic N) is 3. The van der Waals surface area contributed by atoms with Gasteiger partial charge in [-0.3, -0.25) is 9.47 Å². The zero-order valence-corrected chi connectivity index (χ0v) is 21.2. The highest BCUT2D eigenvalue weighted by atomic mass is 35.5. The van der Waals surface area contributed by atoms with Gasteiger partial charge in [0.1, 0.15) is 6.10 Å². The van der Waals surface area contributed by atoms with Gasteiger partial charge in [-0.05, 0) is 36.8 Å². The molecule has 8 heteroatoms. The Hall–Kier alpha value is -3.42. The number of carbonyl (C=O) groups is 1. The SMILES string of the molecule is O=C(OC(CN1CCN(c2cccc(Cl)c2)CC1)Cn1c(O)c2c(c1O)C1C=CC2C1)c1ccccc1. The lowest BCUT2D eigenvalue weighted by Crippen LogP contribution is -2.49. The second kappa shape index (κ2) is 9.80. The van der Waals surface area contributed by atoms with Gasteiger partial charge in [-0.25, -0.2) is 4.79 Å². The first-order valence-corrected chi connectivity index (χ1v) is 13.2. The molecule has 192 valence electrons. The van der Waals surface area contributed by atoms with Gasteiger partial charge in [-0.2, -0.15) is 0 Å². The first-order valence-electron chi connectivity index (χ1n) is 12.8. The number of benzene rings is 2. The summed E-state index contributed by atoms with van der Waals surface area (Å²) in [6, 6.07) is 16.8. The summed E-state index contributed by atoms with van der Waals surface area (Å²) in [5, 5.41) is 22.8. The van der Waals surface area contributed by atoms with E-state index < -0.39 is 12.1 Å². The number of carbonyl (C=O) groups excluding carboxylic acids is 1. The van der Waals surface area contributed by atoms with Crippen LogP contribution in [0.4, 0.5) is 5.69 Å². The van der Waals surface area contributed by atoms with Crippen LogP contribution in [-0.4, -0.2) is 64.5 Å². The van der Waals surface area contributed by atoms with E-state index in [1.54, 1.807) is 24.3 Å². The van der Waals surface area contributed by atoms with Gasteiger partial charge in [-0.15, -0.1) is 0 Å². The third-order valence-electron chi connectivity index (χ3n) is 7.79. The topological polar surface area (TPSA) is 78.2 Å². The zero-order chi connectivity index (χ0) is 25.5. The molecule has 2 bridgehead atoms. The summed E-state index contributed by atoms with van der Waals surface area (Å²) in [7, 11) is 0. The molecule has 0 amide bonds. The summed E-state index contributed by atoms with van der Waals surface area (Å²) >= 11 is 6.18. The number of halogens is 1. The molecular formula is C29H30ClN3O4. The minimum Gasteiger partial charge on any atom is -0.494 e. The summed E-state index contributed by atoms with van der Waals surface area (Å²) in [6.45, 7) is 3.90. The molecule has 3 unspecified atom stereocenters. The molecule has 1 aromatic heterocycles. The fourth-order valence-electron chi connectivity index (χ4n) is 5.94. The van der Waals surface area contributed by atoms with Crippen LogP contribution in [0.5, 0.6) is 11.8 Å². The van der Waals surface area contributed by atoms with Crippen LogP contribution in [-0.2, 0) is 11.3 Å². The molecule has 3 aliphatic rings. The molecule has 6 rings (SSSR count). The largest absolute Gasteiger partial charge is 0.494 e. The van der Waals surface area contributed by atoms with Gasteiger partial charge in [0, 0.05) is 66.4 Å². The molecule has 0 spiro atoms. The van der Waals surface area contributed by atoms with Gasteiger partial charge in [0.05, 0.1) is 12.1 Å². The molecule has 1 fully saturated rings. The Morgan fingerprint density at radius 3 is 2.24 bits per heavy atom. The van der Waals surface area contributed by atoms with Crippen molar-refractivity contribution in [2.75, 3.05) is 37.6 Å². The van der Waals surface area contributed by atoms with Crippen LogP contribution in [0.25, 0.3) is 0 Å². The van der Waals surface area contributed by atoms with Crippen LogP contribution in [0, 0.1) is 0 Å². The van der Waals surface area contributed by atoms with Gasteiger partial charge in [0.25, 0.3) is 0 Å². The zero-order valence-electron chi connectivity index (χ0n) is 20.5. The summed E-state index contributed by atoms with van der Waals surface area (Å²) in [5.41, 5.74) is 3.20. The molecule has 0 radical (unpaired) electrons. The van der Waals surface area contributed by atoms with Gasteiger partial charge < -0.3 is 19.8 Å². The van der Waals surface area contributed by atoms with Crippen molar-refractivity contribution in [2.24, 2.45) is 0 Å². The summed E-state index contributed by atoms with van der Waals surface area (Å²) in [6.07, 6.45) is 4.54. The smallest absolute Gasteiger partial charge is 0.338 e. The Morgan fingerprint density at radius 1 is 0.919 bits per heavy atom. The average Bonchev–Trinajstić information content (AvgIpc) is 3.60. The molecule has 1 saturated heterocycles. The number of ether oxygens (including phenoxy) is 1. The highest BCUT2D eigenvalue weighted by Crippen LogP contribution is 2.56. The number of aromatic nitrogens is 1. The normalized spacial score (nSPS) is 21.3. The van der Waals surface area contributed by atoms with Crippen LogP contribution in [0.2, 0.25) is 5.02 Å². The molecule has 2 aromatic carbocycles. The highest BCUT2D eigenvalue weighted by Gasteiger charge is 2.41. The lowest BCUT2D eigenvalue weighted by molar-refractivity contribution is 0.0136. The Labute approximate surface area is 221 Å². The summed E-state index contributed by atoms with van der Waals surface area (Å²) < 4.78 is 7.50. The minimum atomic E-state index is -0.555. The predicted octanol–water partition coefficient (Wildman–Crippen LogP) is 4.74.